The lowest BCUT2D eigenvalue weighted by molar-refractivity contribution is 0.0778. The number of nitrogens with zero attached hydrogens (tertiary/aromatic N) is 1. The molecule has 0 bridgehead atoms. The predicted molar refractivity (Wildman–Crippen MR) is 93.4 cm³/mol. The molecule has 2 rings (SSSR count). The molecule has 0 saturated heterocycles. The summed E-state index contributed by atoms with van der Waals surface area (Å²) in [6, 6.07) is 9.71. The minimum Gasteiger partial charge on any atom is -0.492 e. The van der Waals surface area contributed by atoms with Crippen LogP contribution in [0.3, 0.4) is 0 Å². The standard InChI is InChI=1S/C15H15Br2NO2S/c1-10-3-5-11(6-4-10)20-8-7-18(2)15(19)13-9-12(16)14(17)21-13/h3-6,9H,7-8H2,1-2H3. The lowest BCUT2D eigenvalue weighted by Gasteiger charge is -2.16. The number of hydrogen-bond donors (Lipinski definition) is 0. The second-order valence-corrected chi connectivity index (χ2v) is 7.84. The fourth-order valence-electron chi connectivity index (χ4n) is 1.68. The molecule has 3 nitrogen and oxygen atoms in total. The maximum Gasteiger partial charge on any atom is 0.263 e. The Labute approximate surface area is 145 Å². The van der Waals surface area contributed by atoms with Crippen molar-refractivity contribution in [3.05, 3.63) is 49.0 Å². The highest BCUT2D eigenvalue weighted by Gasteiger charge is 2.16. The molecule has 0 aliphatic heterocycles. The van der Waals surface area contributed by atoms with Crippen LogP contribution < -0.4 is 4.74 Å². The number of carbonyl (C=O) groups excluding carboxylic acids is 1. The molecule has 2 aromatic rings. The van der Waals surface area contributed by atoms with E-state index in [0.29, 0.717) is 18.0 Å². The van der Waals surface area contributed by atoms with Gasteiger partial charge in [0.25, 0.3) is 5.91 Å². The molecule has 21 heavy (non-hydrogen) atoms. The molecule has 0 aliphatic rings. The topological polar surface area (TPSA) is 29.5 Å². The largest absolute Gasteiger partial charge is 0.492 e. The Kier molecular flexibility index (Phi) is 5.84. The van der Waals surface area contributed by atoms with Gasteiger partial charge in [0.1, 0.15) is 12.4 Å². The summed E-state index contributed by atoms with van der Waals surface area (Å²) in [5.74, 6) is 0.821. The van der Waals surface area contributed by atoms with Crippen molar-refractivity contribution in [1.29, 1.82) is 0 Å². The fraction of sp³-hybridized carbons (Fsp3) is 0.267. The summed E-state index contributed by atoms with van der Waals surface area (Å²) >= 11 is 8.21. The average molecular weight is 433 g/mol. The number of ether oxygens (including phenoxy) is 1. The van der Waals surface area contributed by atoms with Crippen molar-refractivity contribution in [2.75, 3.05) is 20.2 Å². The van der Waals surface area contributed by atoms with Crippen molar-refractivity contribution in [3.8, 4) is 5.75 Å². The van der Waals surface area contributed by atoms with Crippen molar-refractivity contribution >= 4 is 49.1 Å². The summed E-state index contributed by atoms with van der Waals surface area (Å²) < 4.78 is 7.47. The summed E-state index contributed by atoms with van der Waals surface area (Å²) in [5, 5.41) is 0. The highest BCUT2D eigenvalue weighted by molar-refractivity contribution is 9.13. The molecule has 1 amide bonds. The minimum atomic E-state index is -0.00101. The van der Waals surface area contributed by atoms with Crippen LogP contribution in [-0.4, -0.2) is 31.0 Å². The molecule has 0 saturated carbocycles. The highest BCUT2D eigenvalue weighted by atomic mass is 79.9. The Balaban J connectivity index is 1.85. The summed E-state index contributed by atoms with van der Waals surface area (Å²) in [4.78, 5) is 14.6. The highest BCUT2D eigenvalue weighted by Crippen LogP contribution is 2.32. The third kappa shape index (κ3) is 4.56. The molecule has 1 aromatic heterocycles. The van der Waals surface area contributed by atoms with Crippen molar-refractivity contribution in [1.82, 2.24) is 4.90 Å². The van der Waals surface area contributed by atoms with Crippen LogP contribution in [0.2, 0.25) is 0 Å². The molecule has 0 unspecified atom stereocenters. The van der Waals surface area contributed by atoms with E-state index in [-0.39, 0.29) is 5.91 Å². The maximum absolute atomic E-state index is 12.2. The smallest absolute Gasteiger partial charge is 0.263 e. The van der Waals surface area contributed by atoms with Crippen molar-refractivity contribution in [3.63, 3.8) is 0 Å². The molecule has 6 heteroatoms. The quantitative estimate of drug-likeness (QED) is 0.683. The summed E-state index contributed by atoms with van der Waals surface area (Å²) in [5.41, 5.74) is 1.20. The number of rotatable bonds is 5. The van der Waals surface area contributed by atoms with E-state index in [9.17, 15) is 4.79 Å². The first kappa shape index (κ1) is 16.5. The van der Waals surface area contributed by atoms with Crippen LogP contribution in [0.5, 0.6) is 5.75 Å². The van der Waals surface area contributed by atoms with E-state index >= 15 is 0 Å². The van der Waals surface area contributed by atoms with Crippen LogP contribution in [0.4, 0.5) is 0 Å². The number of hydrogen-bond acceptors (Lipinski definition) is 3. The average Bonchev–Trinajstić information content (AvgIpc) is 2.80. The van der Waals surface area contributed by atoms with E-state index in [0.717, 1.165) is 14.0 Å². The van der Waals surface area contributed by atoms with E-state index in [4.69, 9.17) is 4.74 Å². The van der Waals surface area contributed by atoms with E-state index in [1.807, 2.05) is 37.3 Å². The Morgan fingerprint density at radius 3 is 2.52 bits per heavy atom. The molecular formula is C15H15Br2NO2S. The van der Waals surface area contributed by atoms with Gasteiger partial charge in [0, 0.05) is 11.5 Å². The zero-order valence-corrected chi connectivity index (χ0v) is 15.7. The SMILES string of the molecule is Cc1ccc(OCCN(C)C(=O)c2cc(Br)c(Br)s2)cc1. The molecule has 0 radical (unpaired) electrons. The van der Waals surface area contributed by atoms with Gasteiger partial charge in [0.15, 0.2) is 0 Å². The second-order valence-electron chi connectivity index (χ2n) is 4.62. The maximum atomic E-state index is 12.2. The van der Waals surface area contributed by atoms with E-state index in [2.05, 4.69) is 31.9 Å². The molecule has 0 N–H and O–H groups in total. The van der Waals surface area contributed by atoms with Crippen LogP contribution in [0.25, 0.3) is 0 Å². The Morgan fingerprint density at radius 2 is 1.95 bits per heavy atom. The van der Waals surface area contributed by atoms with Crippen LogP contribution in [0.1, 0.15) is 15.2 Å². The monoisotopic (exact) mass is 431 g/mol. The van der Waals surface area contributed by atoms with Gasteiger partial charge in [-0.3, -0.25) is 4.79 Å². The Hall–Kier alpha value is -0.850. The number of amides is 1. The Morgan fingerprint density at radius 1 is 1.29 bits per heavy atom. The van der Waals surface area contributed by atoms with E-state index in [1.54, 1.807) is 11.9 Å². The zero-order valence-electron chi connectivity index (χ0n) is 11.7. The van der Waals surface area contributed by atoms with Crippen LogP contribution in [0, 0.1) is 6.92 Å². The van der Waals surface area contributed by atoms with E-state index < -0.39 is 0 Å². The number of likely N-dealkylation sites (N-methyl/N-ethyl adjacent to an activating group) is 1. The molecule has 0 spiro atoms. The molecule has 0 aliphatic carbocycles. The van der Waals surface area contributed by atoms with Gasteiger partial charge in [-0.2, -0.15) is 0 Å². The lowest BCUT2D eigenvalue weighted by Crippen LogP contribution is -2.30. The number of carbonyl (C=O) groups is 1. The van der Waals surface area contributed by atoms with Crippen LogP contribution in [-0.2, 0) is 0 Å². The first-order valence-corrected chi connectivity index (χ1v) is 8.77. The lowest BCUT2D eigenvalue weighted by atomic mass is 10.2. The van der Waals surface area contributed by atoms with Gasteiger partial charge in [-0.05, 0) is 57.0 Å². The molecule has 0 atom stereocenters. The first-order valence-electron chi connectivity index (χ1n) is 6.37. The second kappa shape index (κ2) is 7.42. The number of aryl methyl sites for hydroxylation is 1. The minimum absolute atomic E-state index is 0.00101. The molecule has 1 aromatic carbocycles. The van der Waals surface area contributed by atoms with Gasteiger partial charge < -0.3 is 9.64 Å². The van der Waals surface area contributed by atoms with Crippen molar-refractivity contribution in [2.24, 2.45) is 0 Å². The molecular weight excluding hydrogens is 418 g/mol. The van der Waals surface area contributed by atoms with E-state index in [1.165, 1.54) is 16.9 Å². The van der Waals surface area contributed by atoms with Crippen LogP contribution >= 0.6 is 43.2 Å². The normalized spacial score (nSPS) is 10.5. The third-order valence-electron chi connectivity index (χ3n) is 2.92. The fourth-order valence-corrected chi connectivity index (χ4v) is 3.71. The van der Waals surface area contributed by atoms with Gasteiger partial charge >= 0.3 is 0 Å². The number of thiophene rings is 1. The summed E-state index contributed by atoms with van der Waals surface area (Å²) in [6.45, 7) is 3.05. The van der Waals surface area contributed by atoms with Gasteiger partial charge in [0.2, 0.25) is 0 Å². The molecule has 0 fully saturated rings. The van der Waals surface area contributed by atoms with Gasteiger partial charge in [-0.1, -0.05) is 17.7 Å². The first-order chi connectivity index (χ1) is 9.97. The third-order valence-corrected chi connectivity index (χ3v) is 6.16. The zero-order chi connectivity index (χ0) is 15.4. The summed E-state index contributed by atoms with van der Waals surface area (Å²) in [7, 11) is 1.78. The number of benzene rings is 1. The van der Waals surface area contributed by atoms with Crippen molar-refractivity contribution < 1.29 is 9.53 Å². The predicted octanol–water partition coefficient (Wildman–Crippen LogP) is 4.73. The van der Waals surface area contributed by atoms with Crippen molar-refractivity contribution in [2.45, 2.75) is 6.92 Å². The Bertz CT molecular complexity index is 606. The number of halogens is 2. The van der Waals surface area contributed by atoms with Gasteiger partial charge in [0.05, 0.1) is 15.2 Å². The van der Waals surface area contributed by atoms with Gasteiger partial charge in [-0.15, -0.1) is 11.3 Å². The summed E-state index contributed by atoms with van der Waals surface area (Å²) in [6.07, 6.45) is 0. The van der Waals surface area contributed by atoms with Crippen LogP contribution in [0.15, 0.2) is 38.6 Å². The molecule has 1 heterocycles. The van der Waals surface area contributed by atoms with Gasteiger partial charge in [-0.25, -0.2) is 0 Å². The molecule has 112 valence electrons.